The average Bonchev–Trinajstić information content (AvgIpc) is 3.28. The Labute approximate surface area is 180 Å². The lowest BCUT2D eigenvalue weighted by atomic mass is 10.2. The number of nitrogens with one attached hydrogen (secondary N) is 1. The first-order valence-electron chi connectivity index (χ1n) is 9.66. The molecule has 2 heterocycles. The zero-order valence-electron chi connectivity index (χ0n) is 16.8. The topological polar surface area (TPSA) is 64.7 Å². The number of anilines is 1. The van der Waals surface area contributed by atoms with Crippen LogP contribution in [0.15, 0.2) is 67.0 Å². The second kappa shape index (κ2) is 8.55. The first-order chi connectivity index (χ1) is 14.5. The number of imidazole rings is 1. The second-order valence-electron chi connectivity index (χ2n) is 7.11. The fourth-order valence-electron chi connectivity index (χ4n) is 3.47. The van der Waals surface area contributed by atoms with E-state index in [9.17, 15) is 4.79 Å². The molecule has 30 heavy (non-hydrogen) atoms. The van der Waals surface area contributed by atoms with E-state index < -0.39 is 0 Å². The van der Waals surface area contributed by atoms with Crippen LogP contribution >= 0.6 is 11.6 Å². The van der Waals surface area contributed by atoms with E-state index in [1.165, 1.54) is 0 Å². The summed E-state index contributed by atoms with van der Waals surface area (Å²) in [4.78, 5) is 17.3. The number of hydrogen-bond acceptors (Lipinski definition) is 3. The van der Waals surface area contributed by atoms with Crippen molar-refractivity contribution in [1.29, 1.82) is 0 Å². The summed E-state index contributed by atoms with van der Waals surface area (Å²) < 4.78 is 3.72. The highest BCUT2D eigenvalue weighted by Crippen LogP contribution is 2.20. The number of aryl methyl sites for hydroxylation is 1. The van der Waals surface area contributed by atoms with Gasteiger partial charge in [-0.15, -0.1) is 0 Å². The van der Waals surface area contributed by atoms with Crippen LogP contribution in [0.4, 0.5) is 5.95 Å². The molecule has 1 N–H and O–H groups in total. The summed E-state index contributed by atoms with van der Waals surface area (Å²) in [5.74, 6) is 0.241. The molecule has 4 aromatic rings. The van der Waals surface area contributed by atoms with Crippen molar-refractivity contribution in [1.82, 2.24) is 19.3 Å². The minimum atomic E-state index is -0.226. The maximum atomic E-state index is 13.0. The van der Waals surface area contributed by atoms with Crippen LogP contribution in [0.1, 0.15) is 32.9 Å². The molecule has 0 bridgehead atoms. The fraction of sp³-hybridized carbons (Fsp3) is 0.174. The highest BCUT2D eigenvalue weighted by molar-refractivity contribution is 6.31. The third kappa shape index (κ3) is 4.14. The largest absolute Gasteiger partial charge is 0.313 e. The van der Waals surface area contributed by atoms with Gasteiger partial charge in [0.1, 0.15) is 0 Å². The first kappa shape index (κ1) is 19.9. The summed E-state index contributed by atoms with van der Waals surface area (Å²) in [6, 6.07) is 17.7. The van der Waals surface area contributed by atoms with Crippen molar-refractivity contribution in [2.24, 2.45) is 0 Å². The number of halogens is 1. The third-order valence-corrected chi connectivity index (χ3v) is 5.39. The van der Waals surface area contributed by atoms with Crippen molar-refractivity contribution in [2.45, 2.75) is 26.9 Å². The molecule has 0 atom stereocenters. The van der Waals surface area contributed by atoms with Crippen molar-refractivity contribution in [3.63, 3.8) is 0 Å². The monoisotopic (exact) mass is 419 g/mol. The van der Waals surface area contributed by atoms with Gasteiger partial charge in [-0.05, 0) is 31.0 Å². The second-order valence-corrected chi connectivity index (χ2v) is 7.52. The Morgan fingerprint density at radius 1 is 1.03 bits per heavy atom. The summed E-state index contributed by atoms with van der Waals surface area (Å²) >= 11 is 6.27. The van der Waals surface area contributed by atoms with E-state index in [-0.39, 0.29) is 5.91 Å². The van der Waals surface area contributed by atoms with Crippen LogP contribution in [0.3, 0.4) is 0 Å². The molecule has 0 unspecified atom stereocenters. The Balaban J connectivity index is 1.54. The van der Waals surface area contributed by atoms with Crippen molar-refractivity contribution >= 4 is 23.5 Å². The maximum absolute atomic E-state index is 13.0. The van der Waals surface area contributed by atoms with Crippen LogP contribution in [0.25, 0.3) is 0 Å². The van der Waals surface area contributed by atoms with Crippen molar-refractivity contribution < 1.29 is 4.79 Å². The first-order valence-corrected chi connectivity index (χ1v) is 10.0. The lowest BCUT2D eigenvalue weighted by molar-refractivity contribution is 0.102. The molecule has 0 saturated heterocycles. The lowest BCUT2D eigenvalue weighted by Crippen LogP contribution is -2.18. The Kier molecular flexibility index (Phi) is 5.68. The number of carbonyl (C=O) groups is 1. The van der Waals surface area contributed by atoms with Gasteiger partial charge < -0.3 is 4.57 Å². The highest BCUT2D eigenvalue weighted by atomic mass is 35.5. The SMILES string of the molecule is Cc1nn(Cc2ccccc2)c(C)c1C(=O)Nc1nccn1Cc1ccccc1Cl. The van der Waals surface area contributed by atoms with Crippen LogP contribution in [0.5, 0.6) is 0 Å². The predicted octanol–water partition coefficient (Wildman–Crippen LogP) is 4.70. The maximum Gasteiger partial charge on any atom is 0.261 e. The summed E-state index contributed by atoms with van der Waals surface area (Å²) in [7, 11) is 0. The molecule has 0 radical (unpaired) electrons. The number of amides is 1. The third-order valence-electron chi connectivity index (χ3n) is 5.02. The van der Waals surface area contributed by atoms with E-state index in [4.69, 9.17) is 11.6 Å². The molecule has 1 amide bonds. The van der Waals surface area contributed by atoms with Gasteiger partial charge in [-0.3, -0.25) is 14.8 Å². The molecular formula is C23H22ClN5O. The van der Waals surface area contributed by atoms with Crippen LogP contribution in [0.2, 0.25) is 5.02 Å². The minimum absolute atomic E-state index is 0.226. The average molecular weight is 420 g/mol. The van der Waals surface area contributed by atoms with E-state index in [1.54, 1.807) is 6.20 Å². The molecule has 0 aliphatic carbocycles. The van der Waals surface area contributed by atoms with Crippen molar-refractivity contribution in [3.8, 4) is 0 Å². The van der Waals surface area contributed by atoms with Crippen LogP contribution < -0.4 is 5.32 Å². The molecule has 0 fully saturated rings. The fourth-order valence-corrected chi connectivity index (χ4v) is 3.67. The van der Waals surface area contributed by atoms with Gasteiger partial charge in [0.2, 0.25) is 5.95 Å². The Morgan fingerprint density at radius 3 is 2.53 bits per heavy atom. The quantitative estimate of drug-likeness (QED) is 0.492. The summed E-state index contributed by atoms with van der Waals surface area (Å²) in [6.45, 7) is 4.89. The molecular weight excluding hydrogens is 398 g/mol. The molecule has 2 aromatic heterocycles. The number of rotatable bonds is 6. The summed E-state index contributed by atoms with van der Waals surface area (Å²) in [6.07, 6.45) is 3.47. The van der Waals surface area contributed by atoms with Crippen molar-refractivity contribution in [2.75, 3.05) is 5.32 Å². The van der Waals surface area contributed by atoms with Gasteiger partial charge in [0.15, 0.2) is 0 Å². The van der Waals surface area contributed by atoms with E-state index in [2.05, 4.69) is 15.4 Å². The predicted molar refractivity (Wildman–Crippen MR) is 118 cm³/mol. The van der Waals surface area contributed by atoms with Gasteiger partial charge in [-0.2, -0.15) is 5.10 Å². The minimum Gasteiger partial charge on any atom is -0.313 e. The number of carbonyl (C=O) groups excluding carboxylic acids is 1. The molecule has 0 aliphatic heterocycles. The van der Waals surface area contributed by atoms with E-state index >= 15 is 0 Å². The number of aromatic nitrogens is 4. The van der Waals surface area contributed by atoms with Gasteiger partial charge in [0.05, 0.1) is 24.3 Å². The molecule has 6 nitrogen and oxygen atoms in total. The lowest BCUT2D eigenvalue weighted by Gasteiger charge is -2.11. The van der Waals surface area contributed by atoms with E-state index in [1.807, 2.05) is 83.9 Å². The molecule has 4 rings (SSSR count). The molecule has 2 aromatic carbocycles. The molecule has 0 saturated carbocycles. The van der Waals surface area contributed by atoms with Crippen molar-refractivity contribution in [3.05, 3.63) is 100 Å². The highest BCUT2D eigenvalue weighted by Gasteiger charge is 2.20. The summed E-state index contributed by atoms with van der Waals surface area (Å²) in [5.41, 5.74) is 4.16. The van der Waals surface area contributed by atoms with Gasteiger partial charge >= 0.3 is 0 Å². The van der Waals surface area contributed by atoms with Crippen LogP contribution in [-0.4, -0.2) is 25.2 Å². The molecule has 0 aliphatic rings. The normalized spacial score (nSPS) is 10.9. The van der Waals surface area contributed by atoms with Gasteiger partial charge in [-0.25, -0.2) is 4.98 Å². The zero-order valence-corrected chi connectivity index (χ0v) is 17.6. The Morgan fingerprint density at radius 2 is 1.77 bits per heavy atom. The molecule has 0 spiro atoms. The molecule has 152 valence electrons. The zero-order chi connectivity index (χ0) is 21.1. The Bertz CT molecular complexity index is 1180. The smallest absolute Gasteiger partial charge is 0.261 e. The standard InChI is InChI=1S/C23H22ClN5O/c1-16-21(17(2)29(27-16)14-18-8-4-3-5-9-18)22(30)26-23-25-12-13-28(23)15-19-10-6-7-11-20(19)24/h3-13H,14-15H2,1-2H3,(H,25,26,30). The number of benzene rings is 2. The van der Waals surface area contributed by atoms with E-state index in [0.717, 1.165) is 16.8 Å². The van der Waals surface area contributed by atoms with Gasteiger partial charge in [0, 0.05) is 23.1 Å². The number of nitrogens with zero attached hydrogens (tertiary/aromatic N) is 4. The van der Waals surface area contributed by atoms with Crippen LogP contribution in [0, 0.1) is 13.8 Å². The van der Waals surface area contributed by atoms with E-state index in [0.29, 0.717) is 35.3 Å². The van der Waals surface area contributed by atoms with Gasteiger partial charge in [-0.1, -0.05) is 60.1 Å². The summed E-state index contributed by atoms with van der Waals surface area (Å²) in [5, 5.41) is 8.17. The number of hydrogen-bond donors (Lipinski definition) is 1. The Hall–Kier alpha value is -3.38. The van der Waals surface area contributed by atoms with Crippen LogP contribution in [-0.2, 0) is 13.1 Å². The van der Waals surface area contributed by atoms with Gasteiger partial charge in [0.25, 0.3) is 5.91 Å². The molecule has 7 heteroatoms.